The van der Waals surface area contributed by atoms with Crippen LogP contribution < -0.4 is 4.48 Å². The van der Waals surface area contributed by atoms with E-state index < -0.39 is 0 Å². The molecule has 0 saturated carbocycles. The van der Waals surface area contributed by atoms with Gasteiger partial charge in [-0.05, 0) is 30.2 Å². The van der Waals surface area contributed by atoms with Crippen molar-refractivity contribution in [2.24, 2.45) is 5.11 Å². The normalized spacial score (nSPS) is 20.4. The molecule has 0 N–H and O–H groups in total. The highest BCUT2D eigenvalue weighted by atomic mass is 15.5. The van der Waals surface area contributed by atoms with Gasteiger partial charge in [0.25, 0.3) is 0 Å². The van der Waals surface area contributed by atoms with E-state index in [1.165, 1.54) is 0 Å². The smallest absolute Gasteiger partial charge is 0.135 e. The highest BCUT2D eigenvalue weighted by molar-refractivity contribution is 5.71. The number of para-hydroxylation sites is 1. The summed E-state index contributed by atoms with van der Waals surface area (Å²) >= 11 is 0. The van der Waals surface area contributed by atoms with Gasteiger partial charge in [-0.1, -0.05) is 24.3 Å². The second-order valence-corrected chi connectivity index (χ2v) is 5.72. The number of nitriles is 1. The first-order valence-corrected chi connectivity index (χ1v) is 6.96. The first kappa shape index (κ1) is 13.5. The topological polar surface area (TPSA) is 39.2 Å². The summed E-state index contributed by atoms with van der Waals surface area (Å²) in [6.45, 7) is 4.62. The molecule has 0 bridgehead atoms. The Balaban J connectivity index is 2.25. The minimum atomic E-state index is 0.194. The number of benzene rings is 2. The second kappa shape index (κ2) is 4.80. The lowest BCUT2D eigenvalue weighted by Crippen LogP contribution is -2.46. The van der Waals surface area contributed by atoms with E-state index in [1.807, 2.05) is 55.1 Å². The number of rotatable bonds is 1. The average molecular weight is 278 g/mol. The monoisotopic (exact) mass is 278 g/mol. The summed E-state index contributed by atoms with van der Waals surface area (Å²) in [4.78, 5) is 0. The Bertz CT molecular complexity index is 771. The molecule has 0 amide bonds. The SMILES string of the molecule is Cc1cc(C)c2c(c1)N=[N+](c1ccccc1)C[N+]2(C)C#N. The van der Waals surface area contributed by atoms with Crippen molar-refractivity contribution in [3.05, 3.63) is 53.6 Å². The minimum absolute atomic E-state index is 0.194. The lowest BCUT2D eigenvalue weighted by atomic mass is 10.1. The Morgan fingerprint density at radius 3 is 2.57 bits per heavy atom. The third-order valence-electron chi connectivity index (χ3n) is 3.84. The number of hydrogen-bond acceptors (Lipinski definition) is 2. The van der Waals surface area contributed by atoms with Crippen molar-refractivity contribution >= 4 is 17.1 Å². The Labute approximate surface area is 124 Å². The maximum absolute atomic E-state index is 9.71. The predicted molar refractivity (Wildman–Crippen MR) is 82.6 cm³/mol. The number of nitrogens with zero attached hydrogens (tertiary/aromatic N) is 4. The summed E-state index contributed by atoms with van der Waals surface area (Å²) < 4.78 is 2.10. The zero-order valence-electron chi connectivity index (χ0n) is 12.5. The fourth-order valence-corrected chi connectivity index (χ4v) is 2.98. The number of hydrogen-bond donors (Lipinski definition) is 0. The number of azo groups is 2. The van der Waals surface area contributed by atoms with Gasteiger partial charge in [-0.25, -0.2) is 0 Å². The Hall–Kier alpha value is -2.51. The van der Waals surface area contributed by atoms with Crippen molar-refractivity contribution < 1.29 is 4.70 Å². The van der Waals surface area contributed by atoms with E-state index in [-0.39, 0.29) is 4.48 Å². The van der Waals surface area contributed by atoms with E-state index in [9.17, 15) is 5.26 Å². The van der Waals surface area contributed by atoms with Gasteiger partial charge >= 0.3 is 12.9 Å². The molecule has 0 fully saturated rings. The van der Waals surface area contributed by atoms with Gasteiger partial charge in [-0.2, -0.15) is 0 Å². The molecule has 1 heterocycles. The molecule has 0 aromatic heterocycles. The van der Waals surface area contributed by atoms with Gasteiger partial charge in [-0.3, -0.25) is 0 Å². The summed E-state index contributed by atoms with van der Waals surface area (Å²) in [5, 5.41) is 14.5. The first-order valence-electron chi connectivity index (χ1n) is 6.96. The molecule has 0 saturated heterocycles. The van der Waals surface area contributed by atoms with Crippen LogP contribution in [0, 0.1) is 25.3 Å². The molecule has 104 valence electrons. The molecular formula is C17H18N4+2. The minimum Gasteiger partial charge on any atom is -0.135 e. The molecule has 0 radical (unpaired) electrons. The van der Waals surface area contributed by atoms with Gasteiger partial charge < -0.3 is 0 Å². The third-order valence-corrected chi connectivity index (χ3v) is 3.84. The van der Waals surface area contributed by atoms with Crippen LogP contribution in [0.5, 0.6) is 0 Å². The standard InChI is InChI=1S/C17H18N4/c1-13-9-14(2)17-16(10-13)19-20(12-21(17,3)11-18)15-7-5-4-6-8-15/h4-10H,12H2,1-3H3/q+2. The van der Waals surface area contributed by atoms with Crippen molar-refractivity contribution in [3.8, 4) is 6.19 Å². The number of fused-ring (bicyclic) bond motifs is 1. The van der Waals surface area contributed by atoms with Crippen LogP contribution in [0.15, 0.2) is 47.6 Å². The number of aryl methyl sites for hydroxylation is 2. The molecule has 0 aliphatic carbocycles. The van der Waals surface area contributed by atoms with Gasteiger partial charge in [0, 0.05) is 22.8 Å². The molecule has 4 nitrogen and oxygen atoms in total. The van der Waals surface area contributed by atoms with Crippen molar-refractivity contribution in [1.82, 2.24) is 4.48 Å². The van der Waals surface area contributed by atoms with E-state index in [4.69, 9.17) is 5.11 Å². The fraction of sp³-hybridized carbons (Fsp3) is 0.235. The summed E-state index contributed by atoms with van der Waals surface area (Å²) in [6, 6.07) is 14.1. The van der Waals surface area contributed by atoms with Crippen LogP contribution in [0.2, 0.25) is 0 Å². The molecular weight excluding hydrogens is 260 g/mol. The van der Waals surface area contributed by atoms with Crippen LogP contribution in [-0.2, 0) is 0 Å². The Kier molecular flexibility index (Phi) is 3.08. The summed E-state index contributed by atoms with van der Waals surface area (Å²) in [6.07, 6.45) is 2.43. The second-order valence-electron chi connectivity index (χ2n) is 5.72. The summed E-state index contributed by atoms with van der Waals surface area (Å²) in [5.41, 5.74) is 5.16. The molecule has 2 aromatic carbocycles. The lowest BCUT2D eigenvalue weighted by Gasteiger charge is -2.26. The molecule has 1 aliphatic heterocycles. The van der Waals surface area contributed by atoms with E-state index in [0.29, 0.717) is 6.67 Å². The average Bonchev–Trinajstić information content (AvgIpc) is 2.47. The molecule has 21 heavy (non-hydrogen) atoms. The Morgan fingerprint density at radius 1 is 1.19 bits per heavy atom. The number of quaternary nitrogens is 1. The van der Waals surface area contributed by atoms with E-state index in [0.717, 1.165) is 28.2 Å². The van der Waals surface area contributed by atoms with Gasteiger partial charge in [0.05, 0.1) is 7.05 Å². The Morgan fingerprint density at radius 2 is 1.90 bits per heavy atom. The molecule has 1 aliphatic rings. The zero-order valence-corrected chi connectivity index (χ0v) is 12.5. The van der Waals surface area contributed by atoms with Crippen LogP contribution in [0.3, 0.4) is 0 Å². The molecule has 1 unspecified atom stereocenters. The van der Waals surface area contributed by atoms with E-state index >= 15 is 0 Å². The quantitative estimate of drug-likeness (QED) is 0.439. The van der Waals surface area contributed by atoms with Gasteiger partial charge in [0.15, 0.2) is 11.4 Å². The molecule has 3 rings (SSSR count). The van der Waals surface area contributed by atoms with Gasteiger partial charge in [-0.15, -0.1) is 9.74 Å². The largest absolute Gasteiger partial charge is 0.319 e. The van der Waals surface area contributed by atoms with Crippen molar-refractivity contribution in [2.75, 3.05) is 13.7 Å². The van der Waals surface area contributed by atoms with Crippen LogP contribution in [0.25, 0.3) is 0 Å². The van der Waals surface area contributed by atoms with Crippen LogP contribution >= 0.6 is 0 Å². The highest BCUT2D eigenvalue weighted by Crippen LogP contribution is 2.40. The third kappa shape index (κ3) is 2.22. The summed E-state index contributed by atoms with van der Waals surface area (Å²) in [7, 11) is 1.94. The van der Waals surface area contributed by atoms with Crippen LogP contribution in [0.1, 0.15) is 11.1 Å². The molecule has 2 aromatic rings. The predicted octanol–water partition coefficient (Wildman–Crippen LogP) is 4.12. The van der Waals surface area contributed by atoms with Crippen molar-refractivity contribution in [1.29, 1.82) is 5.26 Å². The lowest BCUT2D eigenvalue weighted by molar-refractivity contribution is -0.527. The van der Waals surface area contributed by atoms with Gasteiger partial charge in [0.1, 0.15) is 0 Å². The molecule has 1 atom stereocenters. The zero-order chi connectivity index (χ0) is 15.0. The van der Waals surface area contributed by atoms with Crippen LogP contribution in [0.4, 0.5) is 17.1 Å². The van der Waals surface area contributed by atoms with E-state index in [2.05, 4.69) is 19.2 Å². The van der Waals surface area contributed by atoms with Gasteiger partial charge in [0.2, 0.25) is 5.69 Å². The highest BCUT2D eigenvalue weighted by Gasteiger charge is 2.41. The first-order chi connectivity index (χ1) is 10.0. The van der Waals surface area contributed by atoms with Crippen molar-refractivity contribution in [2.45, 2.75) is 13.8 Å². The fourth-order valence-electron chi connectivity index (χ4n) is 2.98. The molecule has 4 heteroatoms. The van der Waals surface area contributed by atoms with E-state index in [1.54, 1.807) is 0 Å². The maximum atomic E-state index is 9.71. The maximum Gasteiger partial charge on any atom is 0.319 e. The van der Waals surface area contributed by atoms with Crippen LogP contribution in [-0.4, -0.2) is 18.4 Å². The van der Waals surface area contributed by atoms with Crippen molar-refractivity contribution in [3.63, 3.8) is 0 Å². The summed E-state index contributed by atoms with van der Waals surface area (Å²) in [5.74, 6) is 0. The molecule has 0 spiro atoms.